The van der Waals surface area contributed by atoms with Crippen LogP contribution in [0.1, 0.15) is 46.2 Å². The van der Waals surface area contributed by atoms with E-state index in [4.69, 9.17) is 0 Å². The summed E-state index contributed by atoms with van der Waals surface area (Å²) in [6, 6.07) is 10.8. The molecular formula is C23H21F3N4O2. The van der Waals surface area contributed by atoms with Crippen molar-refractivity contribution >= 4 is 23.0 Å². The Bertz CT molecular complexity index is 1250. The van der Waals surface area contributed by atoms with Crippen LogP contribution < -0.4 is 10.9 Å². The van der Waals surface area contributed by atoms with Gasteiger partial charge in [-0.05, 0) is 50.1 Å². The molecule has 6 nitrogen and oxygen atoms in total. The fourth-order valence-corrected chi connectivity index (χ4v) is 3.09. The molecule has 0 unspecified atom stereocenters. The van der Waals surface area contributed by atoms with Crippen molar-refractivity contribution in [1.82, 2.24) is 9.97 Å². The lowest BCUT2D eigenvalue weighted by Gasteiger charge is -2.11. The van der Waals surface area contributed by atoms with Gasteiger partial charge in [0.05, 0.1) is 33.9 Å². The van der Waals surface area contributed by atoms with Crippen LogP contribution in [0.15, 0.2) is 58.4 Å². The van der Waals surface area contributed by atoms with Crippen molar-refractivity contribution in [3.05, 3.63) is 87.1 Å². The SMILES string of the molecule is CCC(=Nc1ccccc1C)c1cc(NC(=O)c2ccc(C(F)(F)F)nc2C)c[nH]c1=O. The lowest BCUT2D eigenvalue weighted by Crippen LogP contribution is -2.21. The van der Waals surface area contributed by atoms with Crippen LogP contribution in [0.4, 0.5) is 24.5 Å². The first-order valence-corrected chi connectivity index (χ1v) is 9.82. The molecule has 2 heterocycles. The Morgan fingerprint density at radius 2 is 1.84 bits per heavy atom. The quantitative estimate of drug-likeness (QED) is 0.533. The number of nitrogens with one attached hydrogen (secondary N) is 2. The van der Waals surface area contributed by atoms with Crippen LogP contribution in [0.5, 0.6) is 0 Å². The van der Waals surface area contributed by atoms with Crippen LogP contribution in [0.25, 0.3) is 0 Å². The number of aromatic nitrogens is 2. The summed E-state index contributed by atoms with van der Waals surface area (Å²) < 4.78 is 38.4. The lowest BCUT2D eigenvalue weighted by atomic mass is 10.1. The largest absolute Gasteiger partial charge is 0.433 e. The van der Waals surface area contributed by atoms with Crippen molar-refractivity contribution in [3.63, 3.8) is 0 Å². The number of rotatable bonds is 5. The van der Waals surface area contributed by atoms with Gasteiger partial charge in [0.15, 0.2) is 0 Å². The second kappa shape index (κ2) is 9.17. The van der Waals surface area contributed by atoms with E-state index in [1.54, 1.807) is 0 Å². The summed E-state index contributed by atoms with van der Waals surface area (Å²) in [5.41, 5.74) is 1.26. The number of carbonyl (C=O) groups excluding carboxylic acids is 1. The molecule has 1 aromatic carbocycles. The van der Waals surface area contributed by atoms with Crippen molar-refractivity contribution in [2.45, 2.75) is 33.4 Å². The zero-order valence-corrected chi connectivity index (χ0v) is 17.7. The summed E-state index contributed by atoms with van der Waals surface area (Å²) in [5.74, 6) is -0.643. The maximum absolute atomic E-state index is 12.8. The highest BCUT2D eigenvalue weighted by Gasteiger charge is 2.33. The Labute approximate surface area is 182 Å². The molecule has 0 spiro atoms. The number of benzene rings is 1. The molecule has 2 aromatic heterocycles. The molecule has 0 saturated carbocycles. The van der Waals surface area contributed by atoms with E-state index in [9.17, 15) is 22.8 Å². The summed E-state index contributed by atoms with van der Waals surface area (Å²) >= 11 is 0. The molecule has 0 atom stereocenters. The van der Waals surface area contributed by atoms with Crippen molar-refractivity contribution < 1.29 is 18.0 Å². The lowest BCUT2D eigenvalue weighted by molar-refractivity contribution is -0.141. The first-order chi connectivity index (χ1) is 15.1. The third kappa shape index (κ3) is 5.11. The van der Waals surface area contributed by atoms with Gasteiger partial charge in [0.25, 0.3) is 11.5 Å². The van der Waals surface area contributed by atoms with Crippen LogP contribution in [0, 0.1) is 13.8 Å². The van der Waals surface area contributed by atoms with E-state index < -0.39 is 17.8 Å². The molecule has 9 heteroatoms. The van der Waals surface area contributed by atoms with E-state index in [1.165, 1.54) is 19.2 Å². The highest BCUT2D eigenvalue weighted by atomic mass is 19.4. The molecule has 0 fully saturated rings. The molecule has 0 saturated heterocycles. The number of para-hydroxylation sites is 1. The molecule has 3 rings (SSSR count). The number of H-pyrrole nitrogens is 1. The van der Waals surface area contributed by atoms with Crippen molar-refractivity contribution in [2.24, 2.45) is 4.99 Å². The number of hydrogen-bond acceptors (Lipinski definition) is 4. The van der Waals surface area contributed by atoms with Gasteiger partial charge in [-0.25, -0.2) is 4.98 Å². The fourth-order valence-electron chi connectivity index (χ4n) is 3.09. The van der Waals surface area contributed by atoms with Gasteiger partial charge in [0, 0.05) is 6.20 Å². The summed E-state index contributed by atoms with van der Waals surface area (Å²) in [4.78, 5) is 35.7. The van der Waals surface area contributed by atoms with Gasteiger partial charge in [-0.3, -0.25) is 14.6 Å². The standard InChI is InChI=1S/C23H21F3N4O2/c1-4-18(30-19-8-6-5-7-13(19)2)17-11-15(12-27-21(17)31)29-22(32)16-9-10-20(23(24,25)26)28-14(16)3/h5-12H,4H2,1-3H3,(H,27,31)(H,29,32). The number of halogens is 3. The number of aryl methyl sites for hydroxylation is 2. The Kier molecular flexibility index (Phi) is 6.57. The second-order valence-corrected chi connectivity index (χ2v) is 7.11. The zero-order chi connectivity index (χ0) is 23.5. The van der Waals surface area contributed by atoms with E-state index in [2.05, 4.69) is 20.3 Å². The molecule has 0 aliphatic rings. The van der Waals surface area contributed by atoms with Crippen LogP contribution in [-0.2, 0) is 6.18 Å². The second-order valence-electron chi connectivity index (χ2n) is 7.11. The molecule has 1 amide bonds. The Morgan fingerprint density at radius 1 is 1.12 bits per heavy atom. The number of aromatic amines is 1. The van der Waals surface area contributed by atoms with E-state index in [1.807, 2.05) is 38.1 Å². The summed E-state index contributed by atoms with van der Waals surface area (Å²) in [7, 11) is 0. The predicted octanol–water partition coefficient (Wildman–Crippen LogP) is 5.19. The summed E-state index contributed by atoms with van der Waals surface area (Å²) in [6.45, 7) is 5.10. The molecule has 166 valence electrons. The number of hydrogen-bond donors (Lipinski definition) is 2. The van der Waals surface area contributed by atoms with E-state index in [0.717, 1.165) is 23.4 Å². The van der Waals surface area contributed by atoms with Gasteiger partial charge in [0.2, 0.25) is 0 Å². The first kappa shape index (κ1) is 22.9. The maximum Gasteiger partial charge on any atom is 0.433 e. The molecule has 2 N–H and O–H groups in total. The van der Waals surface area contributed by atoms with Gasteiger partial charge in [-0.2, -0.15) is 13.2 Å². The van der Waals surface area contributed by atoms with Gasteiger partial charge < -0.3 is 10.3 Å². The van der Waals surface area contributed by atoms with Crippen LogP contribution in [-0.4, -0.2) is 21.6 Å². The number of alkyl halides is 3. The van der Waals surface area contributed by atoms with E-state index in [-0.39, 0.29) is 28.1 Å². The van der Waals surface area contributed by atoms with Gasteiger partial charge in [-0.1, -0.05) is 25.1 Å². The van der Waals surface area contributed by atoms with Gasteiger partial charge in [-0.15, -0.1) is 0 Å². The molecule has 0 aliphatic carbocycles. The highest BCUT2D eigenvalue weighted by molar-refractivity contribution is 6.06. The monoisotopic (exact) mass is 442 g/mol. The van der Waals surface area contributed by atoms with Crippen molar-refractivity contribution in [1.29, 1.82) is 0 Å². The molecule has 0 radical (unpaired) electrons. The summed E-state index contributed by atoms with van der Waals surface area (Å²) in [5, 5.41) is 2.59. The fraction of sp³-hybridized carbons (Fsp3) is 0.217. The van der Waals surface area contributed by atoms with Crippen molar-refractivity contribution in [3.8, 4) is 0 Å². The van der Waals surface area contributed by atoms with Crippen LogP contribution >= 0.6 is 0 Å². The summed E-state index contributed by atoms with van der Waals surface area (Å²) in [6.07, 6.45) is -2.81. The number of aliphatic imine (C=N–C) groups is 1. The van der Waals surface area contributed by atoms with E-state index in [0.29, 0.717) is 12.1 Å². The molecule has 32 heavy (non-hydrogen) atoms. The number of nitrogens with zero attached hydrogens (tertiary/aromatic N) is 2. The number of amides is 1. The predicted molar refractivity (Wildman–Crippen MR) is 117 cm³/mol. The smallest absolute Gasteiger partial charge is 0.326 e. The van der Waals surface area contributed by atoms with Gasteiger partial charge >= 0.3 is 6.18 Å². The third-order valence-corrected chi connectivity index (χ3v) is 4.80. The number of carbonyl (C=O) groups is 1. The molecule has 3 aromatic rings. The Hall–Kier alpha value is -3.75. The minimum atomic E-state index is -4.60. The molecule has 0 aliphatic heterocycles. The van der Waals surface area contributed by atoms with Crippen LogP contribution in [0.2, 0.25) is 0 Å². The zero-order valence-electron chi connectivity index (χ0n) is 17.7. The van der Waals surface area contributed by atoms with E-state index >= 15 is 0 Å². The number of anilines is 1. The normalized spacial score (nSPS) is 12.0. The molecule has 0 bridgehead atoms. The highest BCUT2D eigenvalue weighted by Crippen LogP contribution is 2.28. The third-order valence-electron chi connectivity index (χ3n) is 4.80. The average molecular weight is 442 g/mol. The molecular weight excluding hydrogens is 421 g/mol. The van der Waals surface area contributed by atoms with Crippen LogP contribution in [0.3, 0.4) is 0 Å². The Morgan fingerprint density at radius 3 is 2.47 bits per heavy atom. The van der Waals surface area contributed by atoms with Crippen molar-refractivity contribution in [2.75, 3.05) is 5.32 Å². The first-order valence-electron chi connectivity index (χ1n) is 9.82. The average Bonchev–Trinajstić information content (AvgIpc) is 2.74. The van der Waals surface area contributed by atoms with Gasteiger partial charge in [0.1, 0.15) is 5.69 Å². The maximum atomic E-state index is 12.8. The minimum Gasteiger partial charge on any atom is -0.326 e. The number of pyridine rings is 2. The minimum absolute atomic E-state index is 0.00459. The Balaban J connectivity index is 1.91. The topological polar surface area (TPSA) is 87.2 Å².